The molecule has 0 aromatic heterocycles. The first kappa shape index (κ1) is 10.7. The molecule has 0 atom stereocenters. The monoisotopic (exact) mass is 208 g/mol. The van der Waals surface area contributed by atoms with Crippen LogP contribution in [0.1, 0.15) is 22.3 Å². The molecular formula is C16H16. The van der Waals surface area contributed by atoms with Crippen LogP contribution in [0.4, 0.5) is 0 Å². The summed E-state index contributed by atoms with van der Waals surface area (Å²) < 4.78 is 0. The highest BCUT2D eigenvalue weighted by Gasteiger charge is 2.02. The lowest BCUT2D eigenvalue weighted by atomic mass is 9.97. The Labute approximate surface area is 96.9 Å². The summed E-state index contributed by atoms with van der Waals surface area (Å²) in [5.74, 6) is 0. The van der Waals surface area contributed by atoms with E-state index in [2.05, 4.69) is 51.3 Å². The van der Waals surface area contributed by atoms with Crippen molar-refractivity contribution < 1.29 is 0 Å². The number of fused-ring (bicyclic) bond motifs is 1. The molecule has 0 unspecified atom stereocenters. The van der Waals surface area contributed by atoms with Gasteiger partial charge in [-0.05, 0) is 59.0 Å². The van der Waals surface area contributed by atoms with Crippen LogP contribution in [0.15, 0.2) is 37.4 Å². The minimum atomic E-state index is 1.20. The van der Waals surface area contributed by atoms with Gasteiger partial charge in [0.25, 0.3) is 0 Å². The first-order valence-corrected chi connectivity index (χ1v) is 5.45. The molecule has 0 heterocycles. The fourth-order valence-electron chi connectivity index (χ4n) is 2.05. The molecule has 16 heavy (non-hydrogen) atoms. The number of hydrogen-bond acceptors (Lipinski definition) is 0. The van der Waals surface area contributed by atoms with Crippen molar-refractivity contribution in [1.82, 2.24) is 0 Å². The summed E-state index contributed by atoms with van der Waals surface area (Å²) >= 11 is 0. The Morgan fingerprint density at radius 3 is 1.50 bits per heavy atom. The Hall–Kier alpha value is -1.82. The van der Waals surface area contributed by atoms with Gasteiger partial charge in [-0.25, -0.2) is 0 Å². The van der Waals surface area contributed by atoms with Gasteiger partial charge in [-0.3, -0.25) is 0 Å². The smallest absolute Gasteiger partial charge is 0.0172 e. The van der Waals surface area contributed by atoms with Gasteiger partial charge in [-0.2, -0.15) is 0 Å². The van der Waals surface area contributed by atoms with E-state index in [1.807, 2.05) is 12.2 Å². The van der Waals surface area contributed by atoms with Gasteiger partial charge in [0.1, 0.15) is 0 Å². The van der Waals surface area contributed by atoms with Crippen LogP contribution in [0.3, 0.4) is 0 Å². The van der Waals surface area contributed by atoms with E-state index in [9.17, 15) is 0 Å². The zero-order chi connectivity index (χ0) is 11.7. The molecular weight excluding hydrogens is 192 g/mol. The van der Waals surface area contributed by atoms with Crippen molar-refractivity contribution in [3.05, 3.63) is 59.7 Å². The van der Waals surface area contributed by atoms with Crippen molar-refractivity contribution in [2.45, 2.75) is 13.8 Å². The summed E-state index contributed by atoms with van der Waals surface area (Å²) in [5, 5.41) is 2.53. The second-order valence-corrected chi connectivity index (χ2v) is 4.17. The molecule has 2 aromatic rings. The van der Waals surface area contributed by atoms with Crippen molar-refractivity contribution >= 4 is 22.9 Å². The van der Waals surface area contributed by atoms with Crippen molar-refractivity contribution in [2.75, 3.05) is 0 Å². The van der Waals surface area contributed by atoms with Gasteiger partial charge in [-0.15, -0.1) is 0 Å². The van der Waals surface area contributed by atoms with E-state index in [4.69, 9.17) is 0 Å². The maximum Gasteiger partial charge on any atom is -0.0172 e. The Bertz CT molecular complexity index is 525. The molecule has 0 radical (unpaired) electrons. The van der Waals surface area contributed by atoms with Gasteiger partial charge in [0.05, 0.1) is 0 Å². The Morgan fingerprint density at radius 2 is 1.12 bits per heavy atom. The summed E-state index contributed by atoms with van der Waals surface area (Å²) in [6, 6.07) is 8.80. The molecule has 0 aliphatic rings. The lowest BCUT2D eigenvalue weighted by Crippen LogP contribution is -1.86. The van der Waals surface area contributed by atoms with Gasteiger partial charge >= 0.3 is 0 Å². The predicted molar refractivity (Wildman–Crippen MR) is 73.6 cm³/mol. The number of rotatable bonds is 2. The summed E-state index contributed by atoms with van der Waals surface area (Å²) in [5.41, 5.74) is 4.94. The predicted octanol–water partition coefficient (Wildman–Crippen LogP) is 4.74. The lowest BCUT2D eigenvalue weighted by Gasteiger charge is -2.08. The molecule has 0 saturated heterocycles. The van der Waals surface area contributed by atoms with Crippen molar-refractivity contribution in [3.8, 4) is 0 Å². The van der Waals surface area contributed by atoms with E-state index < -0.39 is 0 Å². The van der Waals surface area contributed by atoms with E-state index in [1.165, 1.54) is 33.0 Å². The van der Waals surface area contributed by atoms with Crippen molar-refractivity contribution in [2.24, 2.45) is 0 Å². The van der Waals surface area contributed by atoms with Gasteiger partial charge in [-0.1, -0.05) is 37.4 Å². The zero-order valence-corrected chi connectivity index (χ0v) is 9.88. The molecule has 0 N–H and O–H groups in total. The number of benzene rings is 2. The quantitative estimate of drug-likeness (QED) is 0.668. The fourth-order valence-corrected chi connectivity index (χ4v) is 2.05. The Balaban J connectivity index is 2.81. The molecule has 80 valence electrons. The van der Waals surface area contributed by atoms with Crippen LogP contribution < -0.4 is 0 Å². The van der Waals surface area contributed by atoms with E-state index >= 15 is 0 Å². The third-order valence-electron chi connectivity index (χ3n) is 3.05. The third-order valence-corrected chi connectivity index (χ3v) is 3.05. The lowest BCUT2D eigenvalue weighted by molar-refractivity contribution is 1.44. The first-order chi connectivity index (χ1) is 7.65. The molecule has 0 aliphatic heterocycles. The van der Waals surface area contributed by atoms with Crippen LogP contribution in [0.5, 0.6) is 0 Å². The highest BCUT2D eigenvalue weighted by atomic mass is 14.1. The van der Waals surface area contributed by atoms with E-state index in [1.54, 1.807) is 0 Å². The summed E-state index contributed by atoms with van der Waals surface area (Å²) in [7, 11) is 0. The minimum Gasteiger partial charge on any atom is -0.0985 e. The van der Waals surface area contributed by atoms with Crippen LogP contribution in [0.25, 0.3) is 22.9 Å². The number of hydrogen-bond donors (Lipinski definition) is 0. The summed E-state index contributed by atoms with van der Waals surface area (Å²) in [6.07, 6.45) is 3.81. The van der Waals surface area contributed by atoms with Gasteiger partial charge in [0.15, 0.2) is 0 Å². The summed E-state index contributed by atoms with van der Waals surface area (Å²) in [6.45, 7) is 11.9. The van der Waals surface area contributed by atoms with Crippen LogP contribution in [0, 0.1) is 13.8 Å². The zero-order valence-electron chi connectivity index (χ0n) is 9.88. The highest BCUT2D eigenvalue weighted by Crippen LogP contribution is 2.24. The highest BCUT2D eigenvalue weighted by molar-refractivity contribution is 5.88. The second-order valence-electron chi connectivity index (χ2n) is 4.17. The molecule has 0 saturated carbocycles. The van der Waals surface area contributed by atoms with E-state index in [0.717, 1.165) is 0 Å². The Morgan fingerprint density at radius 1 is 0.750 bits per heavy atom. The molecule has 0 amide bonds. The standard InChI is InChI=1S/C16H16/c1-5-13-9-16-10-14(6-2)12(4)8-15(16)7-11(13)3/h5-10H,1-2H2,3-4H3. The van der Waals surface area contributed by atoms with Crippen LogP contribution >= 0.6 is 0 Å². The molecule has 0 aliphatic carbocycles. The van der Waals surface area contributed by atoms with Crippen molar-refractivity contribution in [3.63, 3.8) is 0 Å². The molecule has 0 bridgehead atoms. The van der Waals surface area contributed by atoms with Crippen LogP contribution in [-0.2, 0) is 0 Å². The minimum absolute atomic E-state index is 1.20. The van der Waals surface area contributed by atoms with Gasteiger partial charge in [0.2, 0.25) is 0 Å². The summed E-state index contributed by atoms with van der Waals surface area (Å²) in [4.78, 5) is 0. The van der Waals surface area contributed by atoms with Crippen LogP contribution in [-0.4, -0.2) is 0 Å². The maximum absolute atomic E-state index is 3.84. The average molecular weight is 208 g/mol. The molecule has 0 heteroatoms. The van der Waals surface area contributed by atoms with Crippen molar-refractivity contribution in [1.29, 1.82) is 0 Å². The largest absolute Gasteiger partial charge is 0.0985 e. The molecule has 2 rings (SSSR count). The second kappa shape index (κ2) is 3.97. The Kier molecular flexibility index (Phi) is 2.66. The normalized spacial score (nSPS) is 10.4. The molecule has 0 fully saturated rings. The first-order valence-electron chi connectivity index (χ1n) is 5.45. The molecule has 0 nitrogen and oxygen atoms in total. The van der Waals surface area contributed by atoms with Gasteiger partial charge < -0.3 is 0 Å². The fraction of sp³-hybridized carbons (Fsp3) is 0.125. The van der Waals surface area contributed by atoms with E-state index in [-0.39, 0.29) is 0 Å². The van der Waals surface area contributed by atoms with Gasteiger partial charge in [0, 0.05) is 0 Å². The maximum atomic E-state index is 3.84. The third kappa shape index (κ3) is 1.67. The SMILES string of the molecule is C=Cc1cc2cc(C=C)c(C)cc2cc1C. The van der Waals surface area contributed by atoms with E-state index in [0.29, 0.717) is 0 Å². The molecule has 0 spiro atoms. The topological polar surface area (TPSA) is 0 Å². The molecule has 2 aromatic carbocycles. The van der Waals surface area contributed by atoms with Crippen LogP contribution in [0.2, 0.25) is 0 Å². The number of aryl methyl sites for hydroxylation is 2. The average Bonchev–Trinajstić information content (AvgIpc) is 2.27.